The summed E-state index contributed by atoms with van der Waals surface area (Å²) in [4.78, 5) is 27.0. The van der Waals surface area contributed by atoms with Gasteiger partial charge in [0, 0.05) is 6.54 Å². The standard InChI is InChI=1S/C14H15Cl2NO5/c1-22-17(13(19)8-12(18)14(20)21)6-2-3-9-4-5-10(15)11(16)7-9/h4-5,7-8,18H,2-3,6H2,1H3,(H,20,21)/b12-8-. The highest BCUT2D eigenvalue weighted by Crippen LogP contribution is 2.23. The Kier molecular flexibility index (Phi) is 7.17. The van der Waals surface area contributed by atoms with Crippen LogP contribution in [-0.4, -0.2) is 40.8 Å². The Morgan fingerprint density at radius 2 is 1.95 bits per heavy atom. The van der Waals surface area contributed by atoms with Gasteiger partial charge in [0.1, 0.15) is 0 Å². The molecule has 22 heavy (non-hydrogen) atoms. The van der Waals surface area contributed by atoms with E-state index in [1.54, 1.807) is 12.1 Å². The molecule has 0 saturated carbocycles. The Labute approximate surface area is 137 Å². The highest BCUT2D eigenvalue weighted by molar-refractivity contribution is 6.42. The van der Waals surface area contributed by atoms with Gasteiger partial charge in [-0.2, -0.15) is 0 Å². The molecule has 120 valence electrons. The molecule has 1 aromatic carbocycles. The normalized spacial score (nSPS) is 11.3. The number of carboxylic acid groups (broad SMARTS) is 1. The number of aliphatic carboxylic acids is 1. The number of benzene rings is 1. The van der Waals surface area contributed by atoms with Gasteiger partial charge in [0.05, 0.1) is 23.2 Å². The molecule has 6 nitrogen and oxygen atoms in total. The number of carbonyl (C=O) groups excluding carboxylic acids is 1. The number of aliphatic hydroxyl groups excluding tert-OH is 1. The fourth-order valence-electron chi connectivity index (χ4n) is 1.66. The number of carboxylic acids is 1. The first kappa shape index (κ1) is 18.3. The molecule has 0 aliphatic rings. The zero-order chi connectivity index (χ0) is 16.7. The van der Waals surface area contributed by atoms with Gasteiger partial charge in [0.2, 0.25) is 5.76 Å². The Hall–Kier alpha value is -1.76. The SMILES string of the molecule is CON(CCCc1ccc(Cl)c(Cl)c1)C(=O)/C=C(\O)C(=O)O. The van der Waals surface area contributed by atoms with Crippen LogP contribution in [0.1, 0.15) is 12.0 Å². The number of hydrogen-bond donors (Lipinski definition) is 2. The average Bonchev–Trinajstić information content (AvgIpc) is 2.46. The molecule has 1 rings (SSSR count). The molecule has 0 saturated heterocycles. The van der Waals surface area contributed by atoms with Crippen molar-refractivity contribution in [1.82, 2.24) is 5.06 Å². The zero-order valence-corrected chi connectivity index (χ0v) is 13.3. The van der Waals surface area contributed by atoms with Gasteiger partial charge in [-0.1, -0.05) is 29.3 Å². The predicted octanol–water partition coefficient (Wildman–Crippen LogP) is 2.84. The van der Waals surface area contributed by atoms with Crippen molar-refractivity contribution in [3.8, 4) is 0 Å². The van der Waals surface area contributed by atoms with E-state index in [0.717, 1.165) is 10.6 Å². The summed E-state index contributed by atoms with van der Waals surface area (Å²) >= 11 is 11.7. The van der Waals surface area contributed by atoms with E-state index in [0.29, 0.717) is 29.0 Å². The van der Waals surface area contributed by atoms with Crippen LogP contribution in [0.25, 0.3) is 0 Å². The summed E-state index contributed by atoms with van der Waals surface area (Å²) in [6.07, 6.45) is 1.77. The summed E-state index contributed by atoms with van der Waals surface area (Å²) in [6.45, 7) is 0.221. The van der Waals surface area contributed by atoms with Crippen LogP contribution in [0.4, 0.5) is 0 Å². The van der Waals surface area contributed by atoms with Gasteiger partial charge in [0.25, 0.3) is 5.91 Å². The summed E-state index contributed by atoms with van der Waals surface area (Å²) in [7, 11) is 1.28. The number of nitrogens with zero attached hydrogens (tertiary/aromatic N) is 1. The lowest BCUT2D eigenvalue weighted by molar-refractivity contribution is -0.170. The van der Waals surface area contributed by atoms with E-state index in [2.05, 4.69) is 0 Å². The molecule has 0 aliphatic heterocycles. The third kappa shape index (κ3) is 5.55. The van der Waals surface area contributed by atoms with Crippen LogP contribution >= 0.6 is 23.2 Å². The van der Waals surface area contributed by atoms with Gasteiger partial charge in [-0.25, -0.2) is 9.86 Å². The van der Waals surface area contributed by atoms with Crippen molar-refractivity contribution in [2.24, 2.45) is 0 Å². The predicted molar refractivity (Wildman–Crippen MR) is 81.9 cm³/mol. The number of halogens is 2. The first-order chi connectivity index (χ1) is 10.3. The lowest BCUT2D eigenvalue weighted by Crippen LogP contribution is -2.30. The summed E-state index contributed by atoms with van der Waals surface area (Å²) < 4.78 is 0. The maximum absolute atomic E-state index is 11.7. The highest BCUT2D eigenvalue weighted by Gasteiger charge is 2.14. The zero-order valence-electron chi connectivity index (χ0n) is 11.8. The van der Waals surface area contributed by atoms with E-state index in [-0.39, 0.29) is 6.54 Å². The molecule has 0 atom stereocenters. The highest BCUT2D eigenvalue weighted by atomic mass is 35.5. The molecule has 2 N–H and O–H groups in total. The van der Waals surface area contributed by atoms with Crippen LogP contribution in [0.15, 0.2) is 30.0 Å². The fraction of sp³-hybridized carbons (Fsp3) is 0.286. The number of rotatable bonds is 7. The minimum Gasteiger partial charge on any atom is -0.502 e. The molecular weight excluding hydrogens is 333 g/mol. The van der Waals surface area contributed by atoms with Crippen molar-refractivity contribution >= 4 is 35.1 Å². The van der Waals surface area contributed by atoms with Gasteiger partial charge in [0.15, 0.2) is 0 Å². The second kappa shape index (κ2) is 8.63. The first-order valence-corrected chi connectivity index (χ1v) is 7.04. The molecule has 0 bridgehead atoms. The van der Waals surface area contributed by atoms with E-state index in [4.69, 9.17) is 38.3 Å². The van der Waals surface area contributed by atoms with Crippen LogP contribution in [0.5, 0.6) is 0 Å². The quantitative estimate of drug-likeness (QED) is 0.450. The van der Waals surface area contributed by atoms with E-state index >= 15 is 0 Å². The Morgan fingerprint density at radius 1 is 1.27 bits per heavy atom. The number of aryl methyl sites for hydroxylation is 1. The molecule has 0 fully saturated rings. The number of amides is 1. The molecule has 0 radical (unpaired) electrons. The molecule has 0 heterocycles. The van der Waals surface area contributed by atoms with Crippen LogP contribution < -0.4 is 0 Å². The minimum absolute atomic E-state index is 0.221. The number of hydroxylamine groups is 2. The lowest BCUT2D eigenvalue weighted by Gasteiger charge is -2.17. The number of aliphatic hydroxyl groups is 1. The van der Waals surface area contributed by atoms with Crippen molar-refractivity contribution in [1.29, 1.82) is 0 Å². The topological polar surface area (TPSA) is 87.1 Å². The van der Waals surface area contributed by atoms with E-state index in [9.17, 15) is 9.59 Å². The molecule has 1 amide bonds. The van der Waals surface area contributed by atoms with E-state index < -0.39 is 17.6 Å². The molecule has 8 heteroatoms. The number of hydrogen-bond acceptors (Lipinski definition) is 4. The van der Waals surface area contributed by atoms with Gasteiger partial charge >= 0.3 is 5.97 Å². The number of carbonyl (C=O) groups is 2. The third-order valence-electron chi connectivity index (χ3n) is 2.76. The third-order valence-corrected chi connectivity index (χ3v) is 3.50. The molecule has 0 aromatic heterocycles. The largest absolute Gasteiger partial charge is 0.502 e. The maximum atomic E-state index is 11.7. The first-order valence-electron chi connectivity index (χ1n) is 6.28. The minimum atomic E-state index is -1.58. The van der Waals surface area contributed by atoms with Gasteiger partial charge in [-0.05, 0) is 30.5 Å². The maximum Gasteiger partial charge on any atom is 0.371 e. The van der Waals surface area contributed by atoms with E-state index in [1.807, 2.05) is 6.07 Å². The Bertz CT molecular complexity index is 589. The van der Waals surface area contributed by atoms with Crippen molar-refractivity contribution < 1.29 is 24.6 Å². The fourth-order valence-corrected chi connectivity index (χ4v) is 1.98. The van der Waals surface area contributed by atoms with Gasteiger partial charge < -0.3 is 10.2 Å². The average molecular weight is 348 g/mol. The van der Waals surface area contributed by atoms with Crippen LogP contribution in [0.2, 0.25) is 10.0 Å². The van der Waals surface area contributed by atoms with Crippen molar-refractivity contribution in [2.45, 2.75) is 12.8 Å². The molecule has 0 spiro atoms. The summed E-state index contributed by atoms with van der Waals surface area (Å²) in [5.74, 6) is -3.38. The van der Waals surface area contributed by atoms with E-state index in [1.165, 1.54) is 7.11 Å². The summed E-state index contributed by atoms with van der Waals surface area (Å²) in [5, 5.41) is 19.4. The second-order valence-corrected chi connectivity index (χ2v) is 5.12. The molecule has 0 unspecified atom stereocenters. The Morgan fingerprint density at radius 3 is 2.50 bits per heavy atom. The summed E-state index contributed by atoms with van der Waals surface area (Å²) in [5.41, 5.74) is 0.946. The molecular formula is C14H15Cl2NO5. The van der Waals surface area contributed by atoms with Crippen molar-refractivity contribution in [3.05, 3.63) is 45.6 Å². The smallest absolute Gasteiger partial charge is 0.371 e. The summed E-state index contributed by atoms with van der Waals surface area (Å²) in [6, 6.07) is 5.24. The Balaban J connectivity index is 2.57. The van der Waals surface area contributed by atoms with Gasteiger partial charge in [-0.3, -0.25) is 9.63 Å². The van der Waals surface area contributed by atoms with Crippen LogP contribution in [0.3, 0.4) is 0 Å². The van der Waals surface area contributed by atoms with Crippen LogP contribution in [0, 0.1) is 0 Å². The molecule has 1 aromatic rings. The second-order valence-electron chi connectivity index (χ2n) is 4.31. The molecule has 0 aliphatic carbocycles. The lowest BCUT2D eigenvalue weighted by atomic mass is 10.1. The van der Waals surface area contributed by atoms with Crippen molar-refractivity contribution in [2.75, 3.05) is 13.7 Å². The monoisotopic (exact) mass is 347 g/mol. The van der Waals surface area contributed by atoms with Crippen LogP contribution in [-0.2, 0) is 20.8 Å². The van der Waals surface area contributed by atoms with Gasteiger partial charge in [-0.15, -0.1) is 0 Å². The van der Waals surface area contributed by atoms with Crippen molar-refractivity contribution in [3.63, 3.8) is 0 Å².